The van der Waals surface area contributed by atoms with E-state index in [0.717, 1.165) is 31.7 Å². The molecule has 0 radical (unpaired) electrons. The van der Waals surface area contributed by atoms with E-state index in [1.165, 1.54) is 6.92 Å². The molecular weight excluding hydrogens is 250 g/mol. The molecule has 5 nitrogen and oxygen atoms in total. The molecule has 0 aromatic heterocycles. The average Bonchev–Trinajstić information content (AvgIpc) is 2.87. The first-order valence-electron chi connectivity index (χ1n) is 6.43. The van der Waals surface area contributed by atoms with Crippen molar-refractivity contribution in [3.05, 3.63) is 0 Å². The van der Waals surface area contributed by atoms with Crippen LogP contribution in [-0.2, 0) is 9.59 Å². The molecule has 2 amide bonds. The molecule has 0 unspecified atom stereocenters. The summed E-state index contributed by atoms with van der Waals surface area (Å²) in [6, 6.07) is 0.0607. The molecule has 1 N–H and O–H groups in total. The second-order valence-electron chi connectivity index (χ2n) is 4.93. The lowest BCUT2D eigenvalue weighted by molar-refractivity contribution is -0.143. The number of amides is 2. The van der Waals surface area contributed by atoms with Gasteiger partial charge in [0.25, 0.3) is 0 Å². The predicted octanol–water partition coefficient (Wildman–Crippen LogP) is 0.118. The number of likely N-dealkylation sites (N-methyl/N-ethyl adjacent to an activating group) is 1. The van der Waals surface area contributed by atoms with Crippen molar-refractivity contribution in [1.82, 2.24) is 15.1 Å². The molecule has 2 aliphatic rings. The summed E-state index contributed by atoms with van der Waals surface area (Å²) in [4.78, 5) is 27.5. The van der Waals surface area contributed by atoms with Crippen molar-refractivity contribution < 1.29 is 9.59 Å². The summed E-state index contributed by atoms with van der Waals surface area (Å²) in [6.45, 7) is 3.48. The standard InChI is InChI=1S/C12H21N3O2S/c1-9(16)15-8-18-7-11(15)12(17)14(2)10-3-5-13-6-4-10/h10-11,13H,3-8H2,1-2H3/t11-/m1/s1. The van der Waals surface area contributed by atoms with Gasteiger partial charge in [0.15, 0.2) is 0 Å². The van der Waals surface area contributed by atoms with Gasteiger partial charge < -0.3 is 15.1 Å². The number of hydrogen-bond acceptors (Lipinski definition) is 4. The van der Waals surface area contributed by atoms with Gasteiger partial charge in [-0.1, -0.05) is 0 Å². The van der Waals surface area contributed by atoms with Gasteiger partial charge in [-0.2, -0.15) is 0 Å². The molecule has 0 spiro atoms. The van der Waals surface area contributed by atoms with E-state index in [1.54, 1.807) is 16.7 Å². The van der Waals surface area contributed by atoms with E-state index in [9.17, 15) is 9.59 Å². The number of carbonyl (C=O) groups excluding carboxylic acids is 2. The maximum atomic E-state index is 12.5. The zero-order chi connectivity index (χ0) is 13.1. The fraction of sp³-hybridized carbons (Fsp3) is 0.833. The van der Waals surface area contributed by atoms with Crippen molar-refractivity contribution in [2.75, 3.05) is 31.8 Å². The molecule has 2 aliphatic heterocycles. The third kappa shape index (κ3) is 2.80. The zero-order valence-corrected chi connectivity index (χ0v) is 11.8. The minimum atomic E-state index is -0.257. The van der Waals surface area contributed by atoms with Crippen LogP contribution in [-0.4, -0.2) is 65.5 Å². The number of hydrogen-bond donors (Lipinski definition) is 1. The molecule has 1 atom stereocenters. The van der Waals surface area contributed by atoms with Crippen LogP contribution in [0.5, 0.6) is 0 Å². The molecule has 2 saturated heterocycles. The first-order valence-corrected chi connectivity index (χ1v) is 7.59. The zero-order valence-electron chi connectivity index (χ0n) is 11.0. The molecule has 102 valence electrons. The molecular formula is C12H21N3O2S. The third-order valence-corrected chi connectivity index (χ3v) is 4.79. The van der Waals surface area contributed by atoms with Crippen molar-refractivity contribution in [2.24, 2.45) is 0 Å². The lowest BCUT2D eigenvalue weighted by Crippen LogP contribution is -2.52. The first kappa shape index (κ1) is 13.7. The molecule has 0 aromatic carbocycles. The van der Waals surface area contributed by atoms with Gasteiger partial charge in [-0.05, 0) is 25.9 Å². The van der Waals surface area contributed by atoms with Crippen LogP contribution in [0.3, 0.4) is 0 Å². The van der Waals surface area contributed by atoms with Gasteiger partial charge in [-0.3, -0.25) is 9.59 Å². The molecule has 2 heterocycles. The quantitative estimate of drug-likeness (QED) is 0.775. The molecule has 2 fully saturated rings. The highest BCUT2D eigenvalue weighted by Gasteiger charge is 2.36. The second kappa shape index (κ2) is 5.93. The summed E-state index contributed by atoms with van der Waals surface area (Å²) in [5.41, 5.74) is 0. The molecule has 2 rings (SSSR count). The van der Waals surface area contributed by atoms with Crippen molar-refractivity contribution in [1.29, 1.82) is 0 Å². The Morgan fingerprint density at radius 2 is 2.00 bits per heavy atom. The normalized spacial score (nSPS) is 25.2. The van der Waals surface area contributed by atoms with Crippen molar-refractivity contribution in [2.45, 2.75) is 31.8 Å². The van der Waals surface area contributed by atoms with Gasteiger partial charge in [0.1, 0.15) is 6.04 Å². The first-order chi connectivity index (χ1) is 8.61. The number of carbonyl (C=O) groups is 2. The number of thioether (sulfide) groups is 1. The highest BCUT2D eigenvalue weighted by molar-refractivity contribution is 7.99. The highest BCUT2D eigenvalue weighted by atomic mass is 32.2. The lowest BCUT2D eigenvalue weighted by atomic mass is 10.0. The summed E-state index contributed by atoms with van der Waals surface area (Å²) in [5, 5.41) is 3.30. The largest absolute Gasteiger partial charge is 0.341 e. The third-order valence-electron chi connectivity index (χ3n) is 3.78. The fourth-order valence-electron chi connectivity index (χ4n) is 2.57. The maximum absolute atomic E-state index is 12.5. The van der Waals surface area contributed by atoms with Gasteiger partial charge >= 0.3 is 0 Å². The van der Waals surface area contributed by atoms with Crippen LogP contribution in [0.15, 0.2) is 0 Å². The average molecular weight is 271 g/mol. The maximum Gasteiger partial charge on any atom is 0.246 e. The number of piperidine rings is 1. The van der Waals surface area contributed by atoms with Gasteiger partial charge in [-0.15, -0.1) is 11.8 Å². The number of nitrogens with one attached hydrogen (secondary N) is 1. The van der Waals surface area contributed by atoms with Crippen LogP contribution < -0.4 is 5.32 Å². The van der Waals surface area contributed by atoms with Crippen LogP contribution in [0.25, 0.3) is 0 Å². The van der Waals surface area contributed by atoms with E-state index >= 15 is 0 Å². The van der Waals surface area contributed by atoms with E-state index in [4.69, 9.17) is 0 Å². The Labute approximate surface area is 112 Å². The van der Waals surface area contributed by atoms with E-state index in [2.05, 4.69) is 5.32 Å². The van der Waals surface area contributed by atoms with Gasteiger partial charge in [-0.25, -0.2) is 0 Å². The Morgan fingerprint density at radius 1 is 1.33 bits per heavy atom. The Kier molecular flexibility index (Phi) is 4.50. The number of rotatable bonds is 2. The Bertz CT molecular complexity index is 331. The Hall–Kier alpha value is -0.750. The van der Waals surface area contributed by atoms with Crippen LogP contribution >= 0.6 is 11.8 Å². The lowest BCUT2D eigenvalue weighted by Gasteiger charge is -2.34. The van der Waals surface area contributed by atoms with Crippen LogP contribution in [0.4, 0.5) is 0 Å². The Morgan fingerprint density at radius 3 is 2.61 bits per heavy atom. The summed E-state index contributed by atoms with van der Waals surface area (Å²) < 4.78 is 0. The molecule has 6 heteroatoms. The summed E-state index contributed by atoms with van der Waals surface area (Å²) in [7, 11) is 1.87. The minimum Gasteiger partial charge on any atom is -0.341 e. The molecule has 0 saturated carbocycles. The van der Waals surface area contributed by atoms with Crippen LogP contribution in [0, 0.1) is 0 Å². The topological polar surface area (TPSA) is 52.7 Å². The van der Waals surface area contributed by atoms with Crippen LogP contribution in [0.2, 0.25) is 0 Å². The second-order valence-corrected chi connectivity index (χ2v) is 5.93. The van der Waals surface area contributed by atoms with E-state index in [1.807, 2.05) is 11.9 Å². The van der Waals surface area contributed by atoms with Gasteiger partial charge in [0.2, 0.25) is 11.8 Å². The predicted molar refractivity (Wildman–Crippen MR) is 72.3 cm³/mol. The molecule has 0 bridgehead atoms. The fourth-order valence-corrected chi connectivity index (χ4v) is 3.78. The summed E-state index contributed by atoms with van der Waals surface area (Å²) in [6.07, 6.45) is 2.00. The van der Waals surface area contributed by atoms with E-state index < -0.39 is 0 Å². The van der Waals surface area contributed by atoms with E-state index in [0.29, 0.717) is 11.9 Å². The minimum absolute atomic E-state index is 0.00272. The molecule has 0 aliphatic carbocycles. The molecule has 0 aromatic rings. The summed E-state index contributed by atoms with van der Waals surface area (Å²) >= 11 is 1.66. The van der Waals surface area contributed by atoms with Gasteiger partial charge in [0.05, 0.1) is 5.88 Å². The smallest absolute Gasteiger partial charge is 0.246 e. The van der Waals surface area contributed by atoms with Crippen molar-refractivity contribution in [3.8, 4) is 0 Å². The summed E-state index contributed by atoms with van der Waals surface area (Å²) in [5.74, 6) is 1.47. The SMILES string of the molecule is CC(=O)N1CSC[C@@H]1C(=O)N(C)C1CCNCC1. The highest BCUT2D eigenvalue weighted by Crippen LogP contribution is 2.23. The van der Waals surface area contributed by atoms with Crippen molar-refractivity contribution in [3.63, 3.8) is 0 Å². The Balaban J connectivity index is 1.99. The van der Waals surface area contributed by atoms with Crippen molar-refractivity contribution >= 4 is 23.6 Å². The van der Waals surface area contributed by atoms with Crippen LogP contribution in [0.1, 0.15) is 19.8 Å². The van der Waals surface area contributed by atoms with Gasteiger partial charge in [0, 0.05) is 25.8 Å². The van der Waals surface area contributed by atoms with E-state index in [-0.39, 0.29) is 17.9 Å². The monoisotopic (exact) mass is 271 g/mol. The number of nitrogens with zero attached hydrogens (tertiary/aromatic N) is 2. The molecule has 18 heavy (non-hydrogen) atoms.